The molecule has 1 saturated heterocycles. The second kappa shape index (κ2) is 7.21. The third kappa shape index (κ3) is 4.53. The molecule has 1 heterocycles. The van der Waals surface area contributed by atoms with E-state index in [1.54, 1.807) is 29.2 Å². The van der Waals surface area contributed by atoms with Crippen molar-refractivity contribution in [2.24, 2.45) is 0 Å². The Morgan fingerprint density at radius 3 is 2.32 bits per heavy atom. The summed E-state index contributed by atoms with van der Waals surface area (Å²) >= 11 is 0. The first kappa shape index (κ1) is 16.9. The molecule has 2 rings (SSSR count). The first-order valence-electron chi connectivity index (χ1n) is 7.41. The minimum Gasteiger partial charge on any atom is -0.340 e. The Kier molecular flexibility index (Phi) is 5.55. The van der Waals surface area contributed by atoms with E-state index in [9.17, 15) is 13.2 Å². The van der Waals surface area contributed by atoms with Crippen LogP contribution >= 0.6 is 0 Å². The number of amides is 1. The summed E-state index contributed by atoms with van der Waals surface area (Å²) in [5.74, 6) is -0.000272. The lowest BCUT2D eigenvalue weighted by Crippen LogP contribution is -2.47. The van der Waals surface area contributed by atoms with Crippen LogP contribution < -0.4 is 4.72 Å². The molecule has 1 aromatic carbocycles. The Balaban J connectivity index is 1.82. The molecule has 1 aliphatic heterocycles. The maximum atomic E-state index is 12.1. The molecule has 0 radical (unpaired) electrons. The number of aryl methyl sites for hydroxylation is 1. The number of hydrogen-bond donors (Lipinski definition) is 1. The lowest BCUT2D eigenvalue weighted by atomic mass is 10.2. The van der Waals surface area contributed by atoms with Crippen LogP contribution in [0.2, 0.25) is 0 Å². The van der Waals surface area contributed by atoms with Gasteiger partial charge in [-0.15, -0.1) is 0 Å². The molecule has 0 unspecified atom stereocenters. The number of sulfonamides is 1. The van der Waals surface area contributed by atoms with Gasteiger partial charge in [-0.3, -0.25) is 4.79 Å². The summed E-state index contributed by atoms with van der Waals surface area (Å²) in [4.78, 5) is 16.2. The number of hydrogen-bond acceptors (Lipinski definition) is 4. The van der Waals surface area contributed by atoms with Crippen molar-refractivity contribution in [3.63, 3.8) is 0 Å². The van der Waals surface area contributed by atoms with E-state index in [4.69, 9.17) is 0 Å². The molecule has 122 valence electrons. The van der Waals surface area contributed by atoms with Crippen molar-refractivity contribution in [3.8, 4) is 0 Å². The smallest absolute Gasteiger partial charge is 0.240 e. The van der Waals surface area contributed by atoms with Crippen LogP contribution in [0.25, 0.3) is 0 Å². The van der Waals surface area contributed by atoms with Gasteiger partial charge in [-0.05, 0) is 26.1 Å². The van der Waals surface area contributed by atoms with E-state index in [-0.39, 0.29) is 23.8 Å². The second-order valence-electron chi connectivity index (χ2n) is 5.64. The standard InChI is InChI=1S/C15H23N3O3S/c1-13-3-5-14(6-4-13)22(20,21)16-8-7-15(19)18-11-9-17(2)10-12-18/h3-6,16H,7-12H2,1-2H3. The molecule has 7 heteroatoms. The average molecular weight is 325 g/mol. The molecule has 6 nitrogen and oxygen atoms in total. The Labute approximate surface area is 132 Å². The zero-order valence-electron chi connectivity index (χ0n) is 13.1. The molecule has 1 aliphatic rings. The van der Waals surface area contributed by atoms with Gasteiger partial charge in [0.15, 0.2) is 0 Å². The van der Waals surface area contributed by atoms with Crippen LogP contribution in [0.15, 0.2) is 29.2 Å². The first-order chi connectivity index (χ1) is 10.4. The van der Waals surface area contributed by atoms with Crippen molar-refractivity contribution in [1.82, 2.24) is 14.5 Å². The molecular formula is C15H23N3O3S. The highest BCUT2D eigenvalue weighted by atomic mass is 32.2. The van der Waals surface area contributed by atoms with Crippen LogP contribution in [0, 0.1) is 6.92 Å². The molecule has 0 bridgehead atoms. The van der Waals surface area contributed by atoms with Crippen molar-refractivity contribution in [3.05, 3.63) is 29.8 Å². The zero-order valence-corrected chi connectivity index (χ0v) is 13.9. The number of nitrogens with one attached hydrogen (secondary N) is 1. The summed E-state index contributed by atoms with van der Waals surface area (Å²) in [6.45, 7) is 5.17. The molecule has 1 aromatic rings. The van der Waals surface area contributed by atoms with E-state index < -0.39 is 10.0 Å². The molecule has 0 spiro atoms. The van der Waals surface area contributed by atoms with Crippen molar-refractivity contribution in [2.45, 2.75) is 18.2 Å². The maximum absolute atomic E-state index is 12.1. The van der Waals surface area contributed by atoms with E-state index in [2.05, 4.69) is 9.62 Å². The molecule has 0 atom stereocenters. The number of piperazine rings is 1. The van der Waals surface area contributed by atoms with Crippen LogP contribution in [-0.2, 0) is 14.8 Å². The number of carbonyl (C=O) groups excluding carboxylic acids is 1. The van der Waals surface area contributed by atoms with Gasteiger partial charge in [-0.1, -0.05) is 17.7 Å². The zero-order chi connectivity index (χ0) is 16.2. The highest BCUT2D eigenvalue weighted by Gasteiger charge is 2.19. The fraction of sp³-hybridized carbons (Fsp3) is 0.533. The summed E-state index contributed by atoms with van der Waals surface area (Å²) in [6.07, 6.45) is 0.189. The van der Waals surface area contributed by atoms with Crippen LogP contribution in [-0.4, -0.2) is 63.9 Å². The Hall–Kier alpha value is -1.44. The highest BCUT2D eigenvalue weighted by Crippen LogP contribution is 2.10. The van der Waals surface area contributed by atoms with E-state index in [0.717, 1.165) is 18.7 Å². The lowest BCUT2D eigenvalue weighted by molar-refractivity contribution is -0.132. The summed E-state index contributed by atoms with van der Waals surface area (Å²) in [7, 11) is -1.52. The van der Waals surface area contributed by atoms with Crippen LogP contribution in [0.5, 0.6) is 0 Å². The fourth-order valence-electron chi connectivity index (χ4n) is 2.31. The van der Waals surface area contributed by atoms with E-state index in [1.165, 1.54) is 0 Å². The van der Waals surface area contributed by atoms with Crippen LogP contribution in [0.1, 0.15) is 12.0 Å². The van der Waals surface area contributed by atoms with Gasteiger partial charge in [-0.25, -0.2) is 13.1 Å². The summed E-state index contributed by atoms with van der Waals surface area (Å²) < 4.78 is 26.7. The molecule has 0 saturated carbocycles. The van der Waals surface area contributed by atoms with Crippen LogP contribution in [0.3, 0.4) is 0 Å². The minimum atomic E-state index is -3.54. The highest BCUT2D eigenvalue weighted by molar-refractivity contribution is 7.89. The third-order valence-corrected chi connectivity index (χ3v) is 5.30. The Morgan fingerprint density at radius 2 is 1.73 bits per heavy atom. The van der Waals surface area contributed by atoms with Gasteiger partial charge in [0.25, 0.3) is 0 Å². The van der Waals surface area contributed by atoms with Gasteiger partial charge >= 0.3 is 0 Å². The molecule has 1 fully saturated rings. The van der Waals surface area contributed by atoms with Crippen molar-refractivity contribution < 1.29 is 13.2 Å². The fourth-order valence-corrected chi connectivity index (χ4v) is 3.34. The Bertz CT molecular complexity index is 605. The largest absolute Gasteiger partial charge is 0.340 e. The second-order valence-corrected chi connectivity index (χ2v) is 7.41. The van der Waals surface area contributed by atoms with Gasteiger partial charge in [0.05, 0.1) is 4.90 Å². The van der Waals surface area contributed by atoms with Gasteiger partial charge in [0, 0.05) is 39.1 Å². The molecule has 1 N–H and O–H groups in total. The molecular weight excluding hydrogens is 302 g/mol. The SMILES string of the molecule is Cc1ccc(S(=O)(=O)NCCC(=O)N2CCN(C)CC2)cc1. The van der Waals surface area contributed by atoms with E-state index >= 15 is 0 Å². The van der Waals surface area contributed by atoms with Crippen molar-refractivity contribution in [2.75, 3.05) is 39.8 Å². The quantitative estimate of drug-likeness (QED) is 0.853. The van der Waals surface area contributed by atoms with Gasteiger partial charge in [0.2, 0.25) is 15.9 Å². The molecule has 0 aromatic heterocycles. The van der Waals surface area contributed by atoms with Crippen LogP contribution in [0.4, 0.5) is 0 Å². The predicted octanol–water partition coefficient (Wildman–Crippen LogP) is 0.437. The van der Waals surface area contributed by atoms with Gasteiger partial charge in [0.1, 0.15) is 0 Å². The molecule has 0 aliphatic carbocycles. The van der Waals surface area contributed by atoms with Gasteiger partial charge < -0.3 is 9.80 Å². The third-order valence-electron chi connectivity index (χ3n) is 3.82. The molecule has 22 heavy (non-hydrogen) atoms. The van der Waals surface area contributed by atoms with E-state index in [1.807, 2.05) is 14.0 Å². The normalized spacial score (nSPS) is 16.7. The number of carbonyl (C=O) groups is 1. The number of nitrogens with zero attached hydrogens (tertiary/aromatic N) is 2. The Morgan fingerprint density at radius 1 is 1.14 bits per heavy atom. The summed E-state index contributed by atoms with van der Waals surface area (Å²) in [5.41, 5.74) is 1.00. The number of likely N-dealkylation sites (N-methyl/N-ethyl adjacent to an activating group) is 1. The maximum Gasteiger partial charge on any atom is 0.240 e. The topological polar surface area (TPSA) is 69.7 Å². The monoisotopic (exact) mass is 325 g/mol. The first-order valence-corrected chi connectivity index (χ1v) is 8.89. The minimum absolute atomic E-state index is 0.000272. The number of benzene rings is 1. The average Bonchev–Trinajstić information content (AvgIpc) is 2.48. The molecule has 1 amide bonds. The predicted molar refractivity (Wildman–Crippen MR) is 85.1 cm³/mol. The van der Waals surface area contributed by atoms with Gasteiger partial charge in [-0.2, -0.15) is 0 Å². The lowest BCUT2D eigenvalue weighted by Gasteiger charge is -2.32. The summed E-state index contributed by atoms with van der Waals surface area (Å²) in [5, 5.41) is 0. The van der Waals surface area contributed by atoms with Crippen molar-refractivity contribution >= 4 is 15.9 Å². The van der Waals surface area contributed by atoms with Crippen molar-refractivity contribution in [1.29, 1.82) is 0 Å². The van der Waals surface area contributed by atoms with E-state index in [0.29, 0.717) is 13.1 Å². The number of rotatable bonds is 5. The summed E-state index contributed by atoms with van der Waals surface area (Å²) in [6, 6.07) is 6.65.